The monoisotopic (exact) mass is 261 g/mol. The number of aryl methyl sites for hydroxylation is 1. The minimum atomic E-state index is 0.0217. The lowest BCUT2D eigenvalue weighted by Crippen LogP contribution is -2.32. The number of carbonyl (C=O) groups excluding carboxylic acids is 1. The first kappa shape index (κ1) is 11.5. The number of rotatable bonds is 4. The van der Waals surface area contributed by atoms with E-state index in [1.165, 1.54) is 4.88 Å². The molecule has 1 amide bonds. The predicted octanol–water partition coefficient (Wildman–Crippen LogP) is 3.45. The molecule has 2 heterocycles. The van der Waals surface area contributed by atoms with E-state index in [4.69, 9.17) is 4.42 Å². The Balaban J connectivity index is 1.82. The average Bonchev–Trinajstić information content (AvgIpc) is 2.89. The van der Waals surface area contributed by atoms with E-state index in [1.807, 2.05) is 29.3 Å². The fourth-order valence-electron chi connectivity index (χ4n) is 2.05. The van der Waals surface area contributed by atoms with Crippen LogP contribution < -0.4 is 0 Å². The van der Waals surface area contributed by atoms with Crippen molar-refractivity contribution >= 4 is 17.2 Å². The van der Waals surface area contributed by atoms with Gasteiger partial charge in [0.25, 0.3) is 5.91 Å². The Hall–Kier alpha value is -1.55. The predicted molar refractivity (Wildman–Crippen MR) is 70.7 cm³/mol. The van der Waals surface area contributed by atoms with Crippen LogP contribution in [-0.2, 0) is 6.54 Å². The van der Waals surface area contributed by atoms with Crippen LogP contribution in [-0.4, -0.2) is 16.8 Å². The highest BCUT2D eigenvalue weighted by Gasteiger charge is 2.34. The van der Waals surface area contributed by atoms with Gasteiger partial charge in [-0.15, -0.1) is 11.3 Å². The molecule has 0 bridgehead atoms. The molecule has 0 atom stereocenters. The first-order chi connectivity index (χ1) is 8.75. The molecule has 3 nitrogen and oxygen atoms in total. The molecular weight excluding hydrogens is 246 g/mol. The van der Waals surface area contributed by atoms with Crippen LogP contribution in [0.25, 0.3) is 0 Å². The van der Waals surface area contributed by atoms with Gasteiger partial charge in [0, 0.05) is 16.5 Å². The summed E-state index contributed by atoms with van der Waals surface area (Å²) in [7, 11) is 0. The molecule has 0 N–H and O–H groups in total. The van der Waals surface area contributed by atoms with Crippen molar-refractivity contribution in [3.05, 3.63) is 46.0 Å². The van der Waals surface area contributed by atoms with Gasteiger partial charge in [-0.25, -0.2) is 0 Å². The van der Waals surface area contributed by atoms with Gasteiger partial charge in [0.05, 0.1) is 12.8 Å². The van der Waals surface area contributed by atoms with Crippen LogP contribution >= 0.6 is 11.3 Å². The number of furan rings is 1. The third kappa shape index (κ3) is 2.20. The molecule has 2 aromatic rings. The standard InChI is InChI=1S/C14H15NO2S/c1-10-6-7-17-13(10)14(16)15(11-4-5-11)9-12-3-2-8-18-12/h2-3,6-8,11H,4-5,9H2,1H3. The first-order valence-electron chi connectivity index (χ1n) is 6.13. The summed E-state index contributed by atoms with van der Waals surface area (Å²) in [6.45, 7) is 2.61. The van der Waals surface area contributed by atoms with Crippen LogP contribution in [0.4, 0.5) is 0 Å². The van der Waals surface area contributed by atoms with E-state index in [9.17, 15) is 4.79 Å². The van der Waals surface area contributed by atoms with Gasteiger partial charge in [-0.3, -0.25) is 4.79 Å². The molecule has 2 aromatic heterocycles. The molecule has 0 spiro atoms. The van der Waals surface area contributed by atoms with Crippen molar-refractivity contribution in [2.24, 2.45) is 0 Å². The quantitative estimate of drug-likeness (QED) is 0.844. The molecule has 0 aromatic carbocycles. The average molecular weight is 261 g/mol. The van der Waals surface area contributed by atoms with Crippen molar-refractivity contribution in [2.75, 3.05) is 0 Å². The Kier molecular flexibility index (Phi) is 2.96. The lowest BCUT2D eigenvalue weighted by molar-refractivity contribution is 0.0698. The Morgan fingerprint density at radius 3 is 2.89 bits per heavy atom. The molecule has 3 rings (SSSR count). The smallest absolute Gasteiger partial charge is 0.290 e. The molecule has 1 saturated carbocycles. The maximum absolute atomic E-state index is 12.5. The second kappa shape index (κ2) is 4.61. The summed E-state index contributed by atoms with van der Waals surface area (Å²) in [5, 5.41) is 2.04. The van der Waals surface area contributed by atoms with E-state index < -0.39 is 0 Å². The molecule has 4 heteroatoms. The van der Waals surface area contributed by atoms with Gasteiger partial charge in [0.1, 0.15) is 0 Å². The molecular formula is C14H15NO2S. The summed E-state index contributed by atoms with van der Waals surface area (Å²) < 4.78 is 5.32. The van der Waals surface area contributed by atoms with E-state index in [1.54, 1.807) is 17.6 Å². The zero-order valence-electron chi connectivity index (χ0n) is 10.3. The van der Waals surface area contributed by atoms with Gasteiger partial charge in [-0.05, 0) is 37.3 Å². The summed E-state index contributed by atoms with van der Waals surface area (Å²) in [6.07, 6.45) is 3.80. The van der Waals surface area contributed by atoms with Crippen molar-refractivity contribution in [2.45, 2.75) is 32.4 Å². The lowest BCUT2D eigenvalue weighted by atomic mass is 10.2. The van der Waals surface area contributed by atoms with Gasteiger partial charge in [0.15, 0.2) is 5.76 Å². The maximum Gasteiger partial charge on any atom is 0.290 e. The third-order valence-corrected chi connectivity index (χ3v) is 4.07. The van der Waals surface area contributed by atoms with Crippen molar-refractivity contribution in [3.63, 3.8) is 0 Å². The van der Waals surface area contributed by atoms with Crippen LogP contribution in [0.3, 0.4) is 0 Å². The van der Waals surface area contributed by atoms with E-state index in [2.05, 4.69) is 6.07 Å². The molecule has 0 unspecified atom stereocenters. The topological polar surface area (TPSA) is 33.5 Å². The highest BCUT2D eigenvalue weighted by molar-refractivity contribution is 7.09. The second-order valence-electron chi connectivity index (χ2n) is 4.68. The molecule has 1 aliphatic carbocycles. The molecule has 0 radical (unpaired) electrons. The number of hydrogen-bond acceptors (Lipinski definition) is 3. The summed E-state index contributed by atoms with van der Waals surface area (Å²) in [6, 6.07) is 6.32. The number of carbonyl (C=O) groups is 1. The maximum atomic E-state index is 12.5. The normalized spacial score (nSPS) is 14.7. The molecule has 0 aliphatic heterocycles. The number of hydrogen-bond donors (Lipinski definition) is 0. The summed E-state index contributed by atoms with van der Waals surface area (Å²) in [4.78, 5) is 15.6. The number of thiophene rings is 1. The van der Waals surface area contributed by atoms with Gasteiger partial charge >= 0.3 is 0 Å². The zero-order chi connectivity index (χ0) is 12.5. The molecule has 1 fully saturated rings. The van der Waals surface area contributed by atoms with Gasteiger partial charge in [-0.1, -0.05) is 6.07 Å². The largest absolute Gasteiger partial charge is 0.459 e. The van der Waals surface area contributed by atoms with E-state index in [-0.39, 0.29) is 5.91 Å². The van der Waals surface area contributed by atoms with Crippen molar-refractivity contribution in [3.8, 4) is 0 Å². The van der Waals surface area contributed by atoms with Crippen molar-refractivity contribution in [1.82, 2.24) is 4.90 Å². The lowest BCUT2D eigenvalue weighted by Gasteiger charge is -2.20. The van der Waals surface area contributed by atoms with Crippen molar-refractivity contribution < 1.29 is 9.21 Å². The van der Waals surface area contributed by atoms with Crippen LogP contribution in [0, 0.1) is 6.92 Å². The Morgan fingerprint density at radius 2 is 2.33 bits per heavy atom. The first-order valence-corrected chi connectivity index (χ1v) is 7.01. The van der Waals surface area contributed by atoms with Crippen LogP contribution in [0.2, 0.25) is 0 Å². The van der Waals surface area contributed by atoms with Crippen molar-refractivity contribution in [1.29, 1.82) is 0 Å². The highest BCUT2D eigenvalue weighted by Crippen LogP contribution is 2.31. The Morgan fingerprint density at radius 1 is 1.50 bits per heavy atom. The molecule has 18 heavy (non-hydrogen) atoms. The number of nitrogens with zero attached hydrogens (tertiary/aromatic N) is 1. The minimum absolute atomic E-state index is 0.0217. The van der Waals surface area contributed by atoms with Gasteiger partial charge in [-0.2, -0.15) is 0 Å². The molecule has 1 aliphatic rings. The summed E-state index contributed by atoms with van der Waals surface area (Å²) in [5.74, 6) is 0.506. The SMILES string of the molecule is Cc1ccoc1C(=O)N(Cc1cccs1)C1CC1. The van der Waals surface area contributed by atoms with E-state index in [0.717, 1.165) is 18.4 Å². The van der Waals surface area contributed by atoms with E-state index >= 15 is 0 Å². The van der Waals surface area contributed by atoms with Crippen LogP contribution in [0.15, 0.2) is 34.3 Å². The highest BCUT2D eigenvalue weighted by atomic mass is 32.1. The fourth-order valence-corrected chi connectivity index (χ4v) is 2.75. The van der Waals surface area contributed by atoms with Crippen LogP contribution in [0.1, 0.15) is 33.8 Å². The Bertz CT molecular complexity index is 540. The second-order valence-corrected chi connectivity index (χ2v) is 5.71. The van der Waals surface area contributed by atoms with Crippen LogP contribution in [0.5, 0.6) is 0 Å². The summed E-state index contributed by atoms with van der Waals surface area (Å²) in [5.41, 5.74) is 0.914. The fraction of sp³-hybridized carbons (Fsp3) is 0.357. The zero-order valence-corrected chi connectivity index (χ0v) is 11.1. The summed E-state index contributed by atoms with van der Waals surface area (Å²) >= 11 is 1.69. The Labute approximate surface area is 110 Å². The van der Waals surface area contributed by atoms with Gasteiger partial charge < -0.3 is 9.32 Å². The molecule has 94 valence electrons. The third-order valence-electron chi connectivity index (χ3n) is 3.21. The minimum Gasteiger partial charge on any atom is -0.459 e. The van der Waals surface area contributed by atoms with Gasteiger partial charge in [0.2, 0.25) is 0 Å². The number of amides is 1. The van der Waals surface area contributed by atoms with E-state index in [0.29, 0.717) is 18.3 Å². The molecule has 0 saturated heterocycles.